The van der Waals surface area contributed by atoms with E-state index in [0.29, 0.717) is 17.4 Å². The third kappa shape index (κ3) is 6.14. The minimum atomic E-state index is -1.01. The van der Waals surface area contributed by atoms with E-state index < -0.39 is 5.60 Å². The normalized spacial score (nSPS) is 11.2. The van der Waals surface area contributed by atoms with E-state index in [1.807, 2.05) is 0 Å². The Labute approximate surface area is 133 Å². The van der Waals surface area contributed by atoms with E-state index in [1.165, 1.54) is 0 Å². The van der Waals surface area contributed by atoms with Gasteiger partial charge in [-0.2, -0.15) is 0 Å². The Morgan fingerprint density at radius 3 is 2.45 bits per heavy atom. The molecular formula is C15H20BrClO3. The van der Waals surface area contributed by atoms with Crippen LogP contribution in [0.5, 0.6) is 5.75 Å². The van der Waals surface area contributed by atoms with Gasteiger partial charge in [-0.1, -0.05) is 27.5 Å². The molecule has 3 nitrogen and oxygen atoms in total. The van der Waals surface area contributed by atoms with Crippen LogP contribution in [-0.4, -0.2) is 23.5 Å². The Bertz CT molecular complexity index is 418. The number of ether oxygens (including phenoxy) is 2. The lowest BCUT2D eigenvalue weighted by Crippen LogP contribution is -2.39. The van der Waals surface area contributed by atoms with Crippen molar-refractivity contribution >= 4 is 33.5 Å². The monoisotopic (exact) mass is 362 g/mol. The van der Waals surface area contributed by atoms with E-state index in [-0.39, 0.29) is 5.97 Å². The molecule has 1 rings (SSSR count). The van der Waals surface area contributed by atoms with Crippen LogP contribution in [0.3, 0.4) is 0 Å². The van der Waals surface area contributed by atoms with Crippen LogP contribution in [0.4, 0.5) is 0 Å². The standard InChI is InChI=1S/C15H20BrClO3/c1-15(2,14(18)19-11-5-3-4-10-16)20-13-8-6-12(17)7-9-13/h6-9H,3-5,10-11H2,1-2H3. The molecule has 0 atom stereocenters. The van der Waals surface area contributed by atoms with E-state index in [2.05, 4.69) is 15.9 Å². The fourth-order valence-corrected chi connectivity index (χ4v) is 2.07. The Kier molecular flexibility index (Phi) is 7.38. The summed E-state index contributed by atoms with van der Waals surface area (Å²) in [4.78, 5) is 12.0. The van der Waals surface area contributed by atoms with Gasteiger partial charge in [0.05, 0.1) is 6.61 Å². The molecule has 0 aliphatic rings. The van der Waals surface area contributed by atoms with Gasteiger partial charge >= 0.3 is 5.97 Å². The molecule has 0 amide bonds. The molecule has 0 fully saturated rings. The second-order valence-corrected chi connectivity index (χ2v) is 6.18. The maximum atomic E-state index is 12.0. The first kappa shape index (κ1) is 17.3. The van der Waals surface area contributed by atoms with Crippen molar-refractivity contribution in [3.63, 3.8) is 0 Å². The van der Waals surface area contributed by atoms with E-state index in [9.17, 15) is 4.79 Å². The summed E-state index contributed by atoms with van der Waals surface area (Å²) in [5.74, 6) is 0.238. The van der Waals surface area contributed by atoms with Crippen molar-refractivity contribution in [3.8, 4) is 5.75 Å². The number of alkyl halides is 1. The van der Waals surface area contributed by atoms with E-state index in [0.717, 1.165) is 24.6 Å². The molecule has 0 bridgehead atoms. The van der Waals surface area contributed by atoms with Crippen molar-refractivity contribution in [1.29, 1.82) is 0 Å². The number of carbonyl (C=O) groups excluding carboxylic acids is 1. The third-order valence-corrected chi connectivity index (χ3v) is 3.50. The number of benzene rings is 1. The first-order valence-electron chi connectivity index (χ1n) is 6.63. The molecule has 0 unspecified atom stereocenters. The Hall–Kier alpha value is -0.740. The van der Waals surface area contributed by atoms with Crippen molar-refractivity contribution in [3.05, 3.63) is 29.3 Å². The molecule has 0 spiro atoms. The van der Waals surface area contributed by atoms with Crippen molar-refractivity contribution in [2.75, 3.05) is 11.9 Å². The lowest BCUT2D eigenvalue weighted by atomic mass is 10.1. The highest BCUT2D eigenvalue weighted by molar-refractivity contribution is 9.09. The van der Waals surface area contributed by atoms with E-state index in [1.54, 1.807) is 38.1 Å². The molecule has 0 saturated carbocycles. The van der Waals surface area contributed by atoms with Crippen LogP contribution >= 0.6 is 27.5 Å². The molecule has 0 aliphatic carbocycles. The first-order chi connectivity index (χ1) is 9.45. The SMILES string of the molecule is CC(C)(Oc1ccc(Cl)cc1)C(=O)OCCCCCBr. The van der Waals surface area contributed by atoms with Crippen LogP contribution in [-0.2, 0) is 9.53 Å². The second-order valence-electron chi connectivity index (χ2n) is 4.95. The number of halogens is 2. The zero-order valence-electron chi connectivity index (χ0n) is 11.8. The maximum Gasteiger partial charge on any atom is 0.349 e. The number of esters is 1. The summed E-state index contributed by atoms with van der Waals surface area (Å²) in [5.41, 5.74) is -1.01. The molecule has 0 radical (unpaired) electrons. The molecule has 0 aromatic heterocycles. The summed E-state index contributed by atoms with van der Waals surface area (Å²) in [6.07, 6.45) is 2.99. The molecule has 20 heavy (non-hydrogen) atoms. The number of rotatable bonds is 8. The quantitative estimate of drug-likeness (QED) is 0.384. The van der Waals surface area contributed by atoms with Crippen molar-refractivity contribution in [2.24, 2.45) is 0 Å². The van der Waals surface area contributed by atoms with Gasteiger partial charge in [0.15, 0.2) is 5.60 Å². The van der Waals surface area contributed by atoms with Gasteiger partial charge in [-0.25, -0.2) is 4.79 Å². The van der Waals surface area contributed by atoms with Crippen LogP contribution in [0.2, 0.25) is 5.02 Å². The molecule has 0 heterocycles. The van der Waals surface area contributed by atoms with Crippen molar-refractivity contribution < 1.29 is 14.3 Å². The molecule has 5 heteroatoms. The molecule has 112 valence electrons. The number of hydrogen-bond acceptors (Lipinski definition) is 3. The summed E-state index contributed by atoms with van der Waals surface area (Å²) in [6, 6.07) is 6.90. The largest absolute Gasteiger partial charge is 0.476 e. The Balaban J connectivity index is 2.42. The van der Waals surface area contributed by atoms with Crippen molar-refractivity contribution in [2.45, 2.75) is 38.7 Å². The van der Waals surface area contributed by atoms with E-state index in [4.69, 9.17) is 21.1 Å². The summed E-state index contributed by atoms with van der Waals surface area (Å²) < 4.78 is 10.9. The number of carbonyl (C=O) groups is 1. The molecule has 0 N–H and O–H groups in total. The fraction of sp³-hybridized carbons (Fsp3) is 0.533. The van der Waals surface area contributed by atoms with Gasteiger partial charge in [-0.05, 0) is 57.4 Å². The topological polar surface area (TPSA) is 35.5 Å². The van der Waals surface area contributed by atoms with Gasteiger partial charge in [0, 0.05) is 10.4 Å². The fourth-order valence-electron chi connectivity index (χ4n) is 1.55. The molecule has 1 aromatic rings. The van der Waals surface area contributed by atoms with Gasteiger partial charge in [0.2, 0.25) is 0 Å². The highest BCUT2D eigenvalue weighted by Crippen LogP contribution is 2.21. The first-order valence-corrected chi connectivity index (χ1v) is 8.13. The smallest absolute Gasteiger partial charge is 0.349 e. The number of hydrogen-bond donors (Lipinski definition) is 0. The van der Waals surface area contributed by atoms with Gasteiger partial charge in [-0.15, -0.1) is 0 Å². The second kappa shape index (κ2) is 8.53. The van der Waals surface area contributed by atoms with Gasteiger partial charge < -0.3 is 9.47 Å². The van der Waals surface area contributed by atoms with E-state index >= 15 is 0 Å². The van der Waals surface area contributed by atoms with Gasteiger partial charge in [-0.3, -0.25) is 0 Å². The average molecular weight is 364 g/mol. The van der Waals surface area contributed by atoms with Crippen molar-refractivity contribution in [1.82, 2.24) is 0 Å². The third-order valence-electron chi connectivity index (χ3n) is 2.69. The summed E-state index contributed by atoms with van der Waals surface area (Å²) in [7, 11) is 0. The Morgan fingerprint density at radius 1 is 1.20 bits per heavy atom. The highest BCUT2D eigenvalue weighted by Gasteiger charge is 2.31. The summed E-state index contributed by atoms with van der Waals surface area (Å²) >= 11 is 9.17. The zero-order valence-corrected chi connectivity index (χ0v) is 14.2. The average Bonchev–Trinajstić information content (AvgIpc) is 2.40. The Morgan fingerprint density at radius 2 is 1.85 bits per heavy atom. The predicted molar refractivity (Wildman–Crippen MR) is 84.8 cm³/mol. The lowest BCUT2D eigenvalue weighted by Gasteiger charge is -2.24. The summed E-state index contributed by atoms with van der Waals surface area (Å²) in [5, 5.41) is 1.61. The number of unbranched alkanes of at least 4 members (excludes halogenated alkanes) is 2. The minimum Gasteiger partial charge on any atom is -0.476 e. The molecular weight excluding hydrogens is 344 g/mol. The lowest BCUT2D eigenvalue weighted by molar-refractivity contribution is -0.159. The summed E-state index contributed by atoms with van der Waals surface area (Å²) in [6.45, 7) is 3.82. The highest BCUT2D eigenvalue weighted by atomic mass is 79.9. The molecule has 1 aromatic carbocycles. The zero-order chi connectivity index (χ0) is 15.0. The minimum absolute atomic E-state index is 0.355. The predicted octanol–water partition coefficient (Wildman–Crippen LogP) is 4.61. The molecule has 0 aliphatic heterocycles. The van der Waals surface area contributed by atoms with Crippen LogP contribution in [0.1, 0.15) is 33.1 Å². The van der Waals surface area contributed by atoms with Crippen LogP contribution in [0, 0.1) is 0 Å². The van der Waals surface area contributed by atoms with Crippen LogP contribution < -0.4 is 4.74 Å². The van der Waals surface area contributed by atoms with Crippen LogP contribution in [0.25, 0.3) is 0 Å². The van der Waals surface area contributed by atoms with Gasteiger partial charge in [0.1, 0.15) is 5.75 Å². The van der Waals surface area contributed by atoms with Crippen LogP contribution in [0.15, 0.2) is 24.3 Å². The molecule has 0 saturated heterocycles. The van der Waals surface area contributed by atoms with Gasteiger partial charge in [0.25, 0.3) is 0 Å². The maximum absolute atomic E-state index is 12.0.